The van der Waals surface area contributed by atoms with Crippen molar-refractivity contribution in [1.82, 2.24) is 5.32 Å². The number of ether oxygens (including phenoxy) is 4. The molecule has 0 spiro atoms. The number of carbonyl (C=O) groups is 1. The van der Waals surface area contributed by atoms with Crippen molar-refractivity contribution in [1.29, 1.82) is 0 Å². The molecule has 0 aromatic carbocycles. The summed E-state index contributed by atoms with van der Waals surface area (Å²) in [5.74, 6) is -0.256. The van der Waals surface area contributed by atoms with Crippen LogP contribution in [0.3, 0.4) is 0 Å². The lowest BCUT2D eigenvalue weighted by Crippen LogP contribution is -2.65. The normalized spacial score (nSPS) is 26.3. The summed E-state index contributed by atoms with van der Waals surface area (Å²) in [6, 6.07) is -0.937. The van der Waals surface area contributed by atoms with Crippen molar-refractivity contribution in [3.05, 3.63) is 48.6 Å². The predicted octanol–water partition coefficient (Wildman–Crippen LogP) is 8.44. The highest BCUT2D eigenvalue weighted by molar-refractivity contribution is 5.76. The number of hydrogen-bond acceptors (Lipinski definition) is 13. The maximum absolute atomic E-state index is 13.2. The number of nitrogens with one attached hydrogen (secondary N) is 1. The van der Waals surface area contributed by atoms with Gasteiger partial charge in [-0.15, -0.1) is 0 Å². The molecule has 2 fully saturated rings. The second kappa shape index (κ2) is 42.3. The number of hydrogen-bond donors (Lipinski definition) is 9. The average Bonchev–Trinajstić information content (AvgIpc) is 3.36. The van der Waals surface area contributed by atoms with Crippen LogP contribution in [0.5, 0.6) is 0 Å². The highest BCUT2D eigenvalue weighted by atomic mass is 16.7. The standard InChI is InChI=1S/C56H101NO13/c1-3-5-7-9-11-13-15-17-18-19-20-21-22-23-24-25-26-28-30-32-34-36-38-40-48(61)57-44(45(60)39-37-35-33-31-29-27-16-14-12-10-8-6-4-2)43-67-55-53(66)51(64)54(47(42-59)69-55)70-56-52(65)50(63)49(62)46(41-58)68-56/h12,14,19-20,29,31,37,39,44-47,49-56,58-60,62-66H,3-11,13,15-18,21-28,30,32-36,38,40-43H2,1-2H3,(H,57,61)/b14-12+,20-19-,31-29+,39-37+. The van der Waals surface area contributed by atoms with Gasteiger partial charge in [0.1, 0.15) is 48.8 Å². The van der Waals surface area contributed by atoms with Gasteiger partial charge in [0.25, 0.3) is 0 Å². The third-order valence-corrected chi connectivity index (χ3v) is 13.5. The van der Waals surface area contributed by atoms with Gasteiger partial charge in [-0.05, 0) is 70.6 Å². The number of aliphatic hydroxyl groups is 8. The molecule has 12 unspecified atom stereocenters. The lowest BCUT2D eigenvalue weighted by molar-refractivity contribution is -0.359. The van der Waals surface area contributed by atoms with Crippen LogP contribution >= 0.6 is 0 Å². The van der Waals surface area contributed by atoms with Crippen molar-refractivity contribution in [3.63, 3.8) is 0 Å². The fraction of sp³-hybridized carbons (Fsp3) is 0.839. The summed E-state index contributed by atoms with van der Waals surface area (Å²) in [7, 11) is 0. The summed E-state index contributed by atoms with van der Waals surface area (Å²) in [5.41, 5.74) is 0. The van der Waals surface area contributed by atoms with E-state index in [4.69, 9.17) is 18.9 Å². The van der Waals surface area contributed by atoms with Crippen LogP contribution in [0.4, 0.5) is 0 Å². The van der Waals surface area contributed by atoms with Crippen LogP contribution in [0.15, 0.2) is 48.6 Å². The first-order valence-electron chi connectivity index (χ1n) is 27.9. The van der Waals surface area contributed by atoms with Gasteiger partial charge in [-0.2, -0.15) is 0 Å². The van der Waals surface area contributed by atoms with Crippen molar-refractivity contribution in [3.8, 4) is 0 Å². The SMILES string of the molecule is CCCCC/C=C/CC/C=C/CC/C=C/C(O)C(COC1OC(CO)C(OC2OC(CO)C(O)C(O)C2O)C(O)C1O)NC(=O)CCCCCCCCCCCCC/C=C\CCCCCCCCCC. The summed E-state index contributed by atoms with van der Waals surface area (Å²) in [5, 5.41) is 86.8. The average molecular weight is 996 g/mol. The number of rotatable bonds is 43. The van der Waals surface area contributed by atoms with Crippen LogP contribution < -0.4 is 5.32 Å². The molecule has 9 N–H and O–H groups in total. The van der Waals surface area contributed by atoms with E-state index in [9.17, 15) is 45.6 Å². The monoisotopic (exact) mass is 996 g/mol. The maximum Gasteiger partial charge on any atom is 0.220 e. The Morgan fingerprint density at radius 3 is 1.43 bits per heavy atom. The van der Waals surface area contributed by atoms with Crippen LogP contribution in [-0.4, -0.2) is 140 Å². The second-order valence-electron chi connectivity index (χ2n) is 19.7. The quantitative estimate of drug-likeness (QED) is 0.0207. The Labute approximate surface area is 423 Å². The fourth-order valence-corrected chi connectivity index (χ4v) is 8.90. The van der Waals surface area contributed by atoms with Crippen LogP contribution in [0, 0.1) is 0 Å². The first-order chi connectivity index (χ1) is 34.1. The minimum Gasteiger partial charge on any atom is -0.394 e. The van der Waals surface area contributed by atoms with E-state index in [1.165, 1.54) is 128 Å². The summed E-state index contributed by atoms with van der Waals surface area (Å²) >= 11 is 0. The molecule has 408 valence electrons. The van der Waals surface area contributed by atoms with E-state index in [0.29, 0.717) is 12.8 Å². The van der Waals surface area contributed by atoms with Gasteiger partial charge in [-0.1, -0.05) is 178 Å². The number of aliphatic hydroxyl groups excluding tert-OH is 8. The first kappa shape index (κ1) is 64.1. The minimum atomic E-state index is -1.79. The Hall–Kier alpha value is -2.05. The molecule has 0 aliphatic carbocycles. The fourth-order valence-electron chi connectivity index (χ4n) is 8.90. The number of unbranched alkanes of at least 4 members (excludes halogenated alkanes) is 24. The highest BCUT2D eigenvalue weighted by Crippen LogP contribution is 2.30. The Kier molecular flexibility index (Phi) is 38.7. The Bertz CT molecular complexity index is 1360. The highest BCUT2D eigenvalue weighted by Gasteiger charge is 2.51. The van der Waals surface area contributed by atoms with E-state index in [1.807, 2.05) is 6.08 Å². The third-order valence-electron chi connectivity index (χ3n) is 13.5. The molecule has 0 aromatic rings. The Morgan fingerprint density at radius 1 is 0.500 bits per heavy atom. The van der Waals surface area contributed by atoms with Crippen molar-refractivity contribution in [2.75, 3.05) is 19.8 Å². The molecule has 0 saturated carbocycles. The van der Waals surface area contributed by atoms with E-state index in [1.54, 1.807) is 6.08 Å². The largest absolute Gasteiger partial charge is 0.394 e. The molecule has 14 nitrogen and oxygen atoms in total. The molecule has 1 amide bonds. The van der Waals surface area contributed by atoms with E-state index in [-0.39, 0.29) is 18.9 Å². The van der Waals surface area contributed by atoms with Gasteiger partial charge in [-0.3, -0.25) is 4.79 Å². The van der Waals surface area contributed by atoms with Crippen molar-refractivity contribution >= 4 is 5.91 Å². The van der Waals surface area contributed by atoms with Gasteiger partial charge >= 0.3 is 0 Å². The lowest BCUT2D eigenvalue weighted by atomic mass is 9.97. The van der Waals surface area contributed by atoms with E-state index < -0.39 is 86.8 Å². The van der Waals surface area contributed by atoms with Crippen molar-refractivity contribution in [2.45, 2.75) is 280 Å². The first-order valence-corrected chi connectivity index (χ1v) is 27.9. The van der Waals surface area contributed by atoms with Crippen LogP contribution in [0.2, 0.25) is 0 Å². The van der Waals surface area contributed by atoms with Gasteiger partial charge in [0.15, 0.2) is 12.6 Å². The van der Waals surface area contributed by atoms with Gasteiger partial charge < -0.3 is 65.1 Å². The number of allylic oxidation sites excluding steroid dienone is 7. The molecule has 0 radical (unpaired) electrons. The summed E-state index contributed by atoms with van der Waals surface area (Å²) in [6.45, 7) is 2.73. The van der Waals surface area contributed by atoms with Crippen molar-refractivity contribution in [2.24, 2.45) is 0 Å². The molecule has 0 aromatic heterocycles. The molecule has 14 heteroatoms. The Morgan fingerprint density at radius 2 is 0.914 bits per heavy atom. The van der Waals surface area contributed by atoms with Gasteiger partial charge in [0, 0.05) is 6.42 Å². The molecule has 0 bridgehead atoms. The molecule has 2 saturated heterocycles. The molecule has 12 atom stereocenters. The second-order valence-corrected chi connectivity index (χ2v) is 19.7. The zero-order valence-corrected chi connectivity index (χ0v) is 43.5. The third kappa shape index (κ3) is 28.4. The molecule has 2 heterocycles. The zero-order chi connectivity index (χ0) is 51.0. The lowest BCUT2D eigenvalue weighted by Gasteiger charge is -2.46. The van der Waals surface area contributed by atoms with E-state index in [2.05, 4.69) is 55.6 Å². The van der Waals surface area contributed by atoms with Crippen LogP contribution in [0.25, 0.3) is 0 Å². The number of carbonyl (C=O) groups excluding carboxylic acids is 1. The molecule has 2 rings (SSSR count). The van der Waals surface area contributed by atoms with Gasteiger partial charge in [-0.25, -0.2) is 0 Å². The summed E-state index contributed by atoms with van der Waals surface area (Å²) in [4.78, 5) is 13.2. The molecular weight excluding hydrogens is 895 g/mol. The summed E-state index contributed by atoms with van der Waals surface area (Å²) in [6.07, 6.45) is 34.4. The molecule has 2 aliphatic rings. The number of amides is 1. The van der Waals surface area contributed by atoms with E-state index in [0.717, 1.165) is 44.9 Å². The van der Waals surface area contributed by atoms with Crippen molar-refractivity contribution < 1.29 is 64.6 Å². The van der Waals surface area contributed by atoms with Gasteiger partial charge in [0.2, 0.25) is 5.91 Å². The van der Waals surface area contributed by atoms with Crippen LogP contribution in [0.1, 0.15) is 206 Å². The van der Waals surface area contributed by atoms with Crippen LogP contribution in [-0.2, 0) is 23.7 Å². The predicted molar refractivity (Wildman–Crippen MR) is 277 cm³/mol. The Balaban J connectivity index is 1.78. The topological polar surface area (TPSA) is 228 Å². The minimum absolute atomic E-state index is 0.256. The molecule has 2 aliphatic heterocycles. The van der Waals surface area contributed by atoms with E-state index >= 15 is 0 Å². The smallest absolute Gasteiger partial charge is 0.220 e. The van der Waals surface area contributed by atoms with Gasteiger partial charge in [0.05, 0.1) is 32.0 Å². The summed E-state index contributed by atoms with van der Waals surface area (Å²) < 4.78 is 22.7. The molecular formula is C56H101NO13. The maximum atomic E-state index is 13.2. The molecule has 70 heavy (non-hydrogen) atoms. The zero-order valence-electron chi connectivity index (χ0n) is 43.5.